The van der Waals surface area contributed by atoms with Crippen LogP contribution in [0.25, 0.3) is 0 Å². The van der Waals surface area contributed by atoms with Gasteiger partial charge in [-0.2, -0.15) is 0 Å². The number of nitrogens with one attached hydrogen (secondary N) is 1. The third-order valence-electron chi connectivity index (χ3n) is 6.80. The molecule has 1 atom stereocenters. The summed E-state index contributed by atoms with van der Waals surface area (Å²) in [4.78, 5) is 39.9. The van der Waals surface area contributed by atoms with Crippen molar-refractivity contribution in [1.82, 2.24) is 24.7 Å². The van der Waals surface area contributed by atoms with Gasteiger partial charge >= 0.3 is 0 Å². The molecule has 4 heterocycles. The highest BCUT2D eigenvalue weighted by Gasteiger charge is 2.49. The number of rotatable bonds is 4. The molecule has 1 aromatic heterocycles. The Bertz CT molecular complexity index is 725. The number of carbonyl (C=O) groups excluding carboxylic acids is 2. The van der Waals surface area contributed by atoms with Gasteiger partial charge in [0.05, 0.1) is 23.5 Å². The van der Waals surface area contributed by atoms with E-state index in [2.05, 4.69) is 21.8 Å². The summed E-state index contributed by atoms with van der Waals surface area (Å²) in [6.45, 7) is 7.13. The molecule has 2 fully saturated rings. The first-order valence-corrected chi connectivity index (χ1v) is 10.4. The minimum atomic E-state index is -0.425. The molecule has 8 nitrogen and oxygen atoms in total. The Hall–Kier alpha value is -1.93. The van der Waals surface area contributed by atoms with Gasteiger partial charge in [0, 0.05) is 45.4 Å². The Kier molecular flexibility index (Phi) is 5.42. The molecule has 2 amide bonds. The Labute approximate surface area is 166 Å². The van der Waals surface area contributed by atoms with Crippen molar-refractivity contribution in [3.63, 3.8) is 0 Å². The van der Waals surface area contributed by atoms with Crippen LogP contribution in [-0.2, 0) is 26.3 Å². The molecule has 1 N–H and O–H groups in total. The van der Waals surface area contributed by atoms with Crippen molar-refractivity contribution < 1.29 is 14.3 Å². The molecule has 0 unspecified atom stereocenters. The highest BCUT2D eigenvalue weighted by Crippen LogP contribution is 2.42. The van der Waals surface area contributed by atoms with E-state index >= 15 is 0 Å². The van der Waals surface area contributed by atoms with E-state index in [0.29, 0.717) is 19.6 Å². The lowest BCUT2D eigenvalue weighted by atomic mass is 9.78. The predicted molar refractivity (Wildman–Crippen MR) is 104 cm³/mol. The number of likely N-dealkylation sites (tertiary alicyclic amines) is 2. The molecule has 1 spiro atoms. The van der Waals surface area contributed by atoms with Crippen LogP contribution in [0.3, 0.4) is 0 Å². The molecule has 4 rings (SSSR count). The molecule has 0 radical (unpaired) electrons. The summed E-state index contributed by atoms with van der Waals surface area (Å²) in [6.07, 6.45) is 4.93. The maximum atomic E-state index is 13.0. The largest absolute Gasteiger partial charge is 0.375 e. The second-order valence-corrected chi connectivity index (χ2v) is 8.19. The smallest absolute Gasteiger partial charge is 0.249 e. The molecule has 3 aliphatic heterocycles. The van der Waals surface area contributed by atoms with Gasteiger partial charge in [-0.15, -0.1) is 0 Å². The van der Waals surface area contributed by atoms with E-state index in [4.69, 9.17) is 4.74 Å². The number of hydrogen-bond acceptors (Lipinski definition) is 5. The van der Waals surface area contributed by atoms with Crippen LogP contribution in [0.4, 0.5) is 0 Å². The van der Waals surface area contributed by atoms with Crippen LogP contribution in [0.1, 0.15) is 37.6 Å². The lowest BCUT2D eigenvalue weighted by molar-refractivity contribution is -0.148. The Morgan fingerprint density at radius 3 is 2.75 bits per heavy atom. The zero-order valence-electron chi connectivity index (χ0n) is 16.9. The summed E-state index contributed by atoms with van der Waals surface area (Å²) in [7, 11) is 1.55. The van der Waals surface area contributed by atoms with Crippen molar-refractivity contribution in [2.75, 3.05) is 53.0 Å². The summed E-state index contributed by atoms with van der Waals surface area (Å²) >= 11 is 0. The van der Waals surface area contributed by atoms with E-state index in [-0.39, 0.29) is 24.3 Å². The maximum absolute atomic E-state index is 13.0. The standard InChI is InChI=1S/C20H31N5O3/c1-3-23-8-4-15(12-23)19(27)24-10-6-20(7-11-24)18-16(21-14-22-18)5-9-25(20)17(26)13-28-2/h14-15H,3-13H2,1-2H3,(H,21,22)/t15-/m0/s1. The summed E-state index contributed by atoms with van der Waals surface area (Å²) in [6, 6.07) is 0. The molecule has 3 aliphatic rings. The third-order valence-corrected chi connectivity index (χ3v) is 6.80. The number of ether oxygens (including phenoxy) is 1. The number of nitrogens with zero attached hydrogens (tertiary/aromatic N) is 4. The minimum Gasteiger partial charge on any atom is -0.375 e. The molecule has 2 saturated heterocycles. The van der Waals surface area contributed by atoms with Crippen LogP contribution in [0, 0.1) is 5.92 Å². The van der Waals surface area contributed by atoms with Crippen molar-refractivity contribution in [2.45, 2.75) is 38.1 Å². The van der Waals surface area contributed by atoms with Gasteiger partial charge in [0.15, 0.2) is 0 Å². The maximum Gasteiger partial charge on any atom is 0.249 e. The Morgan fingerprint density at radius 1 is 1.29 bits per heavy atom. The number of H-pyrrole nitrogens is 1. The number of hydrogen-bond donors (Lipinski definition) is 1. The summed E-state index contributed by atoms with van der Waals surface area (Å²) in [5, 5.41) is 0. The fourth-order valence-electron chi connectivity index (χ4n) is 5.23. The Balaban J connectivity index is 1.50. The lowest BCUT2D eigenvalue weighted by Crippen LogP contribution is -2.60. The van der Waals surface area contributed by atoms with E-state index in [1.165, 1.54) is 0 Å². The number of fused-ring (bicyclic) bond motifs is 2. The van der Waals surface area contributed by atoms with Crippen molar-refractivity contribution in [1.29, 1.82) is 0 Å². The number of aromatic amines is 1. The molecule has 28 heavy (non-hydrogen) atoms. The SMILES string of the molecule is CCN1CC[C@H](C(=O)N2CCC3(CC2)c2nc[nH]c2CCN3C(=O)COC)C1. The first kappa shape index (κ1) is 19.4. The van der Waals surface area contributed by atoms with Gasteiger partial charge in [-0.05, 0) is 32.4 Å². The van der Waals surface area contributed by atoms with Gasteiger partial charge in [-0.25, -0.2) is 4.98 Å². The topological polar surface area (TPSA) is 81.8 Å². The van der Waals surface area contributed by atoms with Crippen LogP contribution in [0.5, 0.6) is 0 Å². The fraction of sp³-hybridized carbons (Fsp3) is 0.750. The van der Waals surface area contributed by atoms with Crippen molar-refractivity contribution >= 4 is 11.8 Å². The fourth-order valence-corrected chi connectivity index (χ4v) is 5.23. The van der Waals surface area contributed by atoms with E-state index in [1.54, 1.807) is 13.4 Å². The average molecular weight is 390 g/mol. The highest BCUT2D eigenvalue weighted by molar-refractivity contribution is 5.80. The molecule has 0 saturated carbocycles. The van der Waals surface area contributed by atoms with Gasteiger partial charge < -0.3 is 24.4 Å². The van der Waals surface area contributed by atoms with E-state index in [9.17, 15) is 9.59 Å². The van der Waals surface area contributed by atoms with Crippen LogP contribution < -0.4 is 0 Å². The molecule has 8 heteroatoms. The number of imidazole rings is 1. The van der Waals surface area contributed by atoms with Gasteiger partial charge in [0.25, 0.3) is 0 Å². The number of piperidine rings is 1. The van der Waals surface area contributed by atoms with Gasteiger partial charge in [0.1, 0.15) is 6.61 Å². The first-order valence-electron chi connectivity index (χ1n) is 10.4. The van der Waals surface area contributed by atoms with Crippen molar-refractivity contribution in [3.8, 4) is 0 Å². The van der Waals surface area contributed by atoms with E-state index < -0.39 is 5.54 Å². The molecule has 0 aliphatic carbocycles. The molecular formula is C20H31N5O3. The van der Waals surface area contributed by atoms with Gasteiger partial charge in [0.2, 0.25) is 11.8 Å². The van der Waals surface area contributed by atoms with Crippen molar-refractivity contribution in [3.05, 3.63) is 17.7 Å². The first-order chi connectivity index (χ1) is 13.6. The minimum absolute atomic E-state index is 0.00491. The molecule has 0 bridgehead atoms. The second-order valence-electron chi connectivity index (χ2n) is 8.19. The number of aromatic nitrogens is 2. The third kappa shape index (κ3) is 3.22. The summed E-state index contributed by atoms with van der Waals surface area (Å²) in [5.74, 6) is 0.400. The zero-order chi connectivity index (χ0) is 19.7. The monoisotopic (exact) mass is 389 g/mol. The normalized spacial score (nSPS) is 24.6. The van der Waals surface area contributed by atoms with E-state index in [1.807, 2.05) is 9.80 Å². The molecule has 1 aromatic rings. The van der Waals surface area contributed by atoms with Crippen LogP contribution in [-0.4, -0.2) is 89.5 Å². The number of amides is 2. The zero-order valence-corrected chi connectivity index (χ0v) is 16.9. The average Bonchev–Trinajstić information content (AvgIpc) is 3.38. The predicted octanol–water partition coefficient (Wildman–Crippen LogP) is 0.600. The van der Waals surface area contributed by atoms with Crippen LogP contribution >= 0.6 is 0 Å². The van der Waals surface area contributed by atoms with Crippen LogP contribution in [0.2, 0.25) is 0 Å². The second kappa shape index (κ2) is 7.83. The highest BCUT2D eigenvalue weighted by atomic mass is 16.5. The van der Waals surface area contributed by atoms with E-state index in [0.717, 1.165) is 56.7 Å². The number of methoxy groups -OCH3 is 1. The van der Waals surface area contributed by atoms with Crippen molar-refractivity contribution in [2.24, 2.45) is 5.92 Å². The summed E-state index contributed by atoms with van der Waals surface area (Å²) < 4.78 is 5.12. The molecular weight excluding hydrogens is 358 g/mol. The quantitative estimate of drug-likeness (QED) is 0.816. The number of carbonyl (C=O) groups is 2. The lowest BCUT2D eigenvalue weighted by Gasteiger charge is -2.50. The summed E-state index contributed by atoms with van der Waals surface area (Å²) in [5.41, 5.74) is 1.68. The Morgan fingerprint density at radius 2 is 2.07 bits per heavy atom. The van der Waals surface area contributed by atoms with Gasteiger partial charge in [-0.1, -0.05) is 6.92 Å². The molecule has 154 valence electrons. The van der Waals surface area contributed by atoms with Crippen LogP contribution in [0.15, 0.2) is 6.33 Å². The van der Waals surface area contributed by atoms with Gasteiger partial charge in [-0.3, -0.25) is 9.59 Å². The molecule has 0 aromatic carbocycles.